The first-order valence-corrected chi connectivity index (χ1v) is 13.0. The average Bonchev–Trinajstić information content (AvgIpc) is 3.34. The van der Waals surface area contributed by atoms with Crippen LogP contribution in [0.1, 0.15) is 83.1 Å². The summed E-state index contributed by atoms with van der Waals surface area (Å²) in [5.74, 6) is 0.202. The highest BCUT2D eigenvalue weighted by Gasteiger charge is 2.28. The van der Waals surface area contributed by atoms with Gasteiger partial charge in [0.2, 0.25) is 12.3 Å². The van der Waals surface area contributed by atoms with Crippen LogP contribution >= 0.6 is 0 Å². The van der Waals surface area contributed by atoms with E-state index in [9.17, 15) is 14.4 Å². The van der Waals surface area contributed by atoms with Crippen LogP contribution in [0.15, 0.2) is 24.3 Å². The molecule has 1 saturated carbocycles. The first-order valence-electron chi connectivity index (χ1n) is 13.0. The lowest BCUT2D eigenvalue weighted by Gasteiger charge is -2.30. The van der Waals surface area contributed by atoms with Crippen LogP contribution in [0, 0.1) is 11.8 Å². The number of carboxylic acid groups (broad SMARTS) is 1. The maximum Gasteiger partial charge on any atom is 0.303 e. The first-order chi connectivity index (χ1) is 16.5. The van der Waals surface area contributed by atoms with Crippen LogP contribution in [0.3, 0.4) is 0 Å². The monoisotopic (exact) mass is 473 g/mol. The van der Waals surface area contributed by atoms with Crippen molar-refractivity contribution >= 4 is 24.0 Å². The fraction of sp³-hybridized carbons (Fsp3) is 0.667. The molecule has 3 N–H and O–H groups in total. The molecule has 1 aliphatic carbocycles. The first kappa shape index (κ1) is 27.8. The molecule has 2 fully saturated rings. The number of anilines is 1. The average molecular weight is 474 g/mol. The molecular weight excluding hydrogens is 430 g/mol. The minimum atomic E-state index is -0.850. The van der Waals surface area contributed by atoms with Crippen LogP contribution in [0.4, 0.5) is 5.69 Å². The molecule has 1 saturated heterocycles. The SMILES string of the molecule is CC1CCCCC1.CCC(C(=O)N(CCCC(=O)O)CC1CCNC1)c1ccccc1NC=O. The van der Waals surface area contributed by atoms with E-state index in [1.54, 1.807) is 6.07 Å². The van der Waals surface area contributed by atoms with E-state index in [1.807, 2.05) is 30.0 Å². The molecule has 1 aliphatic heterocycles. The molecule has 34 heavy (non-hydrogen) atoms. The van der Waals surface area contributed by atoms with Gasteiger partial charge in [0.15, 0.2) is 0 Å². The van der Waals surface area contributed by atoms with Crippen LogP contribution in [-0.2, 0) is 14.4 Å². The highest BCUT2D eigenvalue weighted by atomic mass is 16.4. The van der Waals surface area contributed by atoms with E-state index in [0.29, 0.717) is 43.9 Å². The van der Waals surface area contributed by atoms with Gasteiger partial charge in [-0.15, -0.1) is 0 Å². The number of hydrogen-bond acceptors (Lipinski definition) is 4. The third kappa shape index (κ3) is 9.45. The molecule has 2 amide bonds. The molecule has 3 rings (SSSR count). The van der Waals surface area contributed by atoms with E-state index >= 15 is 0 Å². The number of benzene rings is 1. The molecular formula is C27H43N3O4. The maximum atomic E-state index is 13.3. The Kier molecular flexibility index (Phi) is 12.7. The van der Waals surface area contributed by atoms with Crippen LogP contribution < -0.4 is 10.6 Å². The van der Waals surface area contributed by atoms with Crippen molar-refractivity contribution in [3.8, 4) is 0 Å². The van der Waals surface area contributed by atoms with Gasteiger partial charge in [-0.25, -0.2) is 0 Å². The Morgan fingerprint density at radius 2 is 1.94 bits per heavy atom. The molecule has 1 aromatic rings. The Bertz CT molecular complexity index is 758. The summed E-state index contributed by atoms with van der Waals surface area (Å²) in [5.41, 5.74) is 1.44. The molecule has 1 heterocycles. The molecule has 0 spiro atoms. The van der Waals surface area contributed by atoms with Gasteiger partial charge in [0, 0.05) is 25.2 Å². The summed E-state index contributed by atoms with van der Waals surface area (Å²) in [4.78, 5) is 36.9. The van der Waals surface area contributed by atoms with Crippen molar-refractivity contribution in [2.24, 2.45) is 11.8 Å². The van der Waals surface area contributed by atoms with Crippen LogP contribution in [0.2, 0.25) is 0 Å². The lowest BCUT2D eigenvalue weighted by Crippen LogP contribution is -2.40. The quantitative estimate of drug-likeness (QED) is 0.407. The van der Waals surface area contributed by atoms with Gasteiger partial charge in [-0.2, -0.15) is 0 Å². The van der Waals surface area contributed by atoms with E-state index in [2.05, 4.69) is 17.6 Å². The van der Waals surface area contributed by atoms with Crippen molar-refractivity contribution in [2.75, 3.05) is 31.5 Å². The number of para-hydroxylation sites is 1. The molecule has 2 aliphatic rings. The summed E-state index contributed by atoms with van der Waals surface area (Å²) >= 11 is 0. The van der Waals surface area contributed by atoms with Crippen molar-refractivity contribution < 1.29 is 19.5 Å². The number of carbonyl (C=O) groups is 3. The van der Waals surface area contributed by atoms with Gasteiger partial charge in [0.1, 0.15) is 0 Å². The molecule has 0 aromatic heterocycles. The Hall–Kier alpha value is -2.41. The third-order valence-electron chi connectivity index (χ3n) is 6.92. The predicted octanol–water partition coefficient (Wildman–Crippen LogP) is 4.64. The van der Waals surface area contributed by atoms with E-state index in [4.69, 9.17) is 5.11 Å². The van der Waals surface area contributed by atoms with Gasteiger partial charge in [0.25, 0.3) is 0 Å². The maximum absolute atomic E-state index is 13.3. The van der Waals surface area contributed by atoms with Crippen molar-refractivity contribution in [2.45, 2.75) is 77.6 Å². The van der Waals surface area contributed by atoms with E-state index in [-0.39, 0.29) is 18.2 Å². The van der Waals surface area contributed by atoms with Crippen molar-refractivity contribution in [3.63, 3.8) is 0 Å². The second-order valence-electron chi connectivity index (χ2n) is 9.69. The number of rotatable bonds is 11. The summed E-state index contributed by atoms with van der Waals surface area (Å²) in [6.45, 7) is 7.20. The highest BCUT2D eigenvalue weighted by molar-refractivity contribution is 5.87. The largest absolute Gasteiger partial charge is 0.481 e. The minimum absolute atomic E-state index is 0.00469. The highest BCUT2D eigenvalue weighted by Crippen LogP contribution is 2.29. The molecule has 7 nitrogen and oxygen atoms in total. The Labute approximate surface area is 204 Å². The number of aliphatic carboxylic acids is 1. The van der Waals surface area contributed by atoms with Gasteiger partial charge < -0.3 is 20.6 Å². The van der Waals surface area contributed by atoms with Crippen molar-refractivity contribution in [3.05, 3.63) is 29.8 Å². The zero-order valence-corrected chi connectivity index (χ0v) is 20.9. The van der Waals surface area contributed by atoms with Crippen molar-refractivity contribution in [1.82, 2.24) is 10.2 Å². The Morgan fingerprint density at radius 1 is 1.21 bits per heavy atom. The summed E-state index contributed by atoms with van der Waals surface area (Å²) < 4.78 is 0. The molecule has 2 atom stereocenters. The number of carbonyl (C=O) groups excluding carboxylic acids is 2. The van der Waals surface area contributed by atoms with E-state index in [1.165, 1.54) is 32.1 Å². The number of nitrogens with zero attached hydrogens (tertiary/aromatic N) is 1. The summed E-state index contributed by atoms with van der Waals surface area (Å²) in [6.07, 6.45) is 10.2. The molecule has 0 radical (unpaired) electrons. The number of nitrogens with one attached hydrogen (secondary N) is 2. The Balaban J connectivity index is 0.000000497. The molecule has 7 heteroatoms. The zero-order valence-electron chi connectivity index (χ0n) is 20.9. The van der Waals surface area contributed by atoms with Crippen LogP contribution in [0.5, 0.6) is 0 Å². The standard InChI is InChI=1S/C20H29N3O4.C7H14/c1-2-16(17-6-3-4-7-18(17)22-14-24)20(27)23(11-5-8-19(25)26)13-15-9-10-21-12-15;1-7-5-3-2-4-6-7/h3-4,6-7,14-16,21H,2,5,8-13H2,1H3,(H,22,24)(H,25,26);7H,2-6H2,1H3. The number of hydrogen-bond donors (Lipinski definition) is 3. The topological polar surface area (TPSA) is 98.7 Å². The van der Waals surface area contributed by atoms with E-state index < -0.39 is 5.97 Å². The lowest BCUT2D eigenvalue weighted by molar-refractivity contribution is -0.138. The summed E-state index contributed by atoms with van der Waals surface area (Å²) in [6, 6.07) is 7.33. The van der Waals surface area contributed by atoms with Crippen molar-refractivity contribution in [1.29, 1.82) is 0 Å². The fourth-order valence-corrected chi connectivity index (χ4v) is 4.94. The predicted molar refractivity (Wildman–Crippen MR) is 136 cm³/mol. The second kappa shape index (κ2) is 15.5. The second-order valence-corrected chi connectivity index (χ2v) is 9.69. The smallest absolute Gasteiger partial charge is 0.303 e. The third-order valence-corrected chi connectivity index (χ3v) is 6.92. The number of amides is 2. The van der Waals surface area contributed by atoms with Gasteiger partial charge in [0.05, 0.1) is 5.92 Å². The van der Waals surface area contributed by atoms with Gasteiger partial charge in [-0.1, -0.05) is 64.2 Å². The molecule has 190 valence electrons. The van der Waals surface area contributed by atoms with Crippen LogP contribution in [-0.4, -0.2) is 54.5 Å². The van der Waals surface area contributed by atoms with Gasteiger partial charge in [-0.3, -0.25) is 14.4 Å². The summed E-state index contributed by atoms with van der Waals surface area (Å²) in [5, 5.41) is 14.9. The van der Waals surface area contributed by atoms with Crippen LogP contribution in [0.25, 0.3) is 0 Å². The summed E-state index contributed by atoms with van der Waals surface area (Å²) in [7, 11) is 0. The normalized spacial score (nSPS) is 18.9. The number of carboxylic acids is 1. The lowest BCUT2D eigenvalue weighted by atomic mass is 9.91. The fourth-order valence-electron chi connectivity index (χ4n) is 4.94. The van der Waals surface area contributed by atoms with Gasteiger partial charge in [-0.05, 0) is 55.8 Å². The molecule has 2 unspecified atom stereocenters. The zero-order chi connectivity index (χ0) is 24.8. The Morgan fingerprint density at radius 3 is 2.50 bits per heavy atom. The molecule has 0 bridgehead atoms. The van der Waals surface area contributed by atoms with Gasteiger partial charge >= 0.3 is 5.97 Å². The molecule has 1 aromatic carbocycles. The van der Waals surface area contributed by atoms with E-state index in [0.717, 1.165) is 31.0 Å². The minimum Gasteiger partial charge on any atom is -0.481 e.